The van der Waals surface area contributed by atoms with Gasteiger partial charge >= 0.3 is 0 Å². The second-order valence-electron chi connectivity index (χ2n) is 7.50. The summed E-state index contributed by atoms with van der Waals surface area (Å²) >= 11 is 0. The van der Waals surface area contributed by atoms with Gasteiger partial charge in [0.2, 0.25) is 5.91 Å². The quantitative estimate of drug-likeness (QED) is 0.833. The minimum absolute atomic E-state index is 0.0572. The number of aliphatic hydroxyl groups excluding tert-OH is 1. The van der Waals surface area contributed by atoms with Crippen molar-refractivity contribution in [2.45, 2.75) is 51.0 Å². The van der Waals surface area contributed by atoms with Gasteiger partial charge in [-0.25, -0.2) is 0 Å². The van der Waals surface area contributed by atoms with Crippen molar-refractivity contribution in [1.82, 2.24) is 4.90 Å². The fourth-order valence-electron chi connectivity index (χ4n) is 3.55. The van der Waals surface area contributed by atoms with E-state index in [4.69, 9.17) is 0 Å². The van der Waals surface area contributed by atoms with Crippen molar-refractivity contribution in [2.24, 2.45) is 11.8 Å². The molecule has 2 aliphatic carbocycles. The molecule has 0 spiro atoms. The predicted molar refractivity (Wildman–Crippen MR) is 97.3 cm³/mol. The number of carbonyl (C=O) groups is 2. The van der Waals surface area contributed by atoms with Crippen LogP contribution in [-0.2, 0) is 4.79 Å². The van der Waals surface area contributed by atoms with Crippen molar-refractivity contribution < 1.29 is 14.7 Å². The highest BCUT2D eigenvalue weighted by Gasteiger charge is 2.31. The van der Waals surface area contributed by atoms with Crippen molar-refractivity contribution in [2.75, 3.05) is 18.9 Å². The zero-order chi connectivity index (χ0) is 17.8. The van der Waals surface area contributed by atoms with E-state index in [0.29, 0.717) is 23.7 Å². The lowest BCUT2D eigenvalue weighted by Gasteiger charge is -2.22. The molecule has 2 fully saturated rings. The lowest BCUT2D eigenvalue weighted by atomic mass is 9.88. The van der Waals surface area contributed by atoms with Crippen LogP contribution in [0.2, 0.25) is 0 Å². The van der Waals surface area contributed by atoms with E-state index >= 15 is 0 Å². The first-order valence-corrected chi connectivity index (χ1v) is 9.39. The number of rotatable bonds is 6. The maximum Gasteiger partial charge on any atom is 0.253 e. The standard InChI is InChI=1S/C20H28N2O3/c1-22(13-18(23)14-10-11-14)20(25)16-8-5-9-17(12-16)21-19(24)15-6-3-2-4-7-15/h5,8-9,12,14-15,18,23H,2-4,6-7,10-11,13H2,1H3,(H,21,24). The molecule has 0 heterocycles. The van der Waals surface area contributed by atoms with E-state index < -0.39 is 6.10 Å². The lowest BCUT2D eigenvalue weighted by molar-refractivity contribution is -0.120. The molecule has 2 aliphatic rings. The molecule has 0 aromatic heterocycles. The number of nitrogens with zero attached hydrogens (tertiary/aromatic N) is 1. The van der Waals surface area contributed by atoms with Gasteiger partial charge in [0, 0.05) is 30.8 Å². The highest BCUT2D eigenvalue weighted by Crippen LogP contribution is 2.33. The highest BCUT2D eigenvalue weighted by molar-refractivity contribution is 5.97. The third-order valence-electron chi connectivity index (χ3n) is 5.33. The molecule has 3 rings (SSSR count). The van der Waals surface area contributed by atoms with Crippen LogP contribution in [0, 0.1) is 11.8 Å². The van der Waals surface area contributed by atoms with E-state index in [1.54, 1.807) is 30.1 Å². The second-order valence-corrected chi connectivity index (χ2v) is 7.50. The largest absolute Gasteiger partial charge is 0.391 e. The van der Waals surface area contributed by atoms with Gasteiger partial charge in [-0.1, -0.05) is 25.3 Å². The Morgan fingerprint density at radius 2 is 1.92 bits per heavy atom. The fraction of sp³-hybridized carbons (Fsp3) is 0.600. The number of hydrogen-bond acceptors (Lipinski definition) is 3. The third kappa shape index (κ3) is 4.82. The number of benzene rings is 1. The maximum atomic E-state index is 12.6. The summed E-state index contributed by atoms with van der Waals surface area (Å²) in [6.45, 7) is 0.349. The minimum Gasteiger partial charge on any atom is -0.391 e. The molecule has 1 atom stereocenters. The van der Waals surface area contributed by atoms with Gasteiger partial charge in [0.25, 0.3) is 5.91 Å². The Morgan fingerprint density at radius 3 is 2.60 bits per heavy atom. The molecule has 5 nitrogen and oxygen atoms in total. The number of amides is 2. The van der Waals surface area contributed by atoms with Gasteiger partial charge in [0.15, 0.2) is 0 Å². The number of likely N-dealkylation sites (N-methyl/N-ethyl adjacent to an activating group) is 1. The summed E-state index contributed by atoms with van der Waals surface area (Å²) in [6.07, 6.45) is 7.00. The topological polar surface area (TPSA) is 69.6 Å². The van der Waals surface area contributed by atoms with Gasteiger partial charge in [-0.15, -0.1) is 0 Å². The number of aliphatic hydroxyl groups is 1. The molecule has 0 radical (unpaired) electrons. The summed E-state index contributed by atoms with van der Waals surface area (Å²) in [5.74, 6) is 0.358. The molecule has 136 valence electrons. The van der Waals surface area contributed by atoms with Crippen molar-refractivity contribution >= 4 is 17.5 Å². The Balaban J connectivity index is 1.59. The molecule has 1 aromatic carbocycles. The first kappa shape index (κ1) is 17.9. The Bertz CT molecular complexity index is 621. The SMILES string of the molecule is CN(CC(O)C1CC1)C(=O)c1cccc(NC(=O)C2CCCCC2)c1. The van der Waals surface area contributed by atoms with Crippen LogP contribution in [0.25, 0.3) is 0 Å². The van der Waals surface area contributed by atoms with Crippen LogP contribution in [0.15, 0.2) is 24.3 Å². The van der Waals surface area contributed by atoms with E-state index in [-0.39, 0.29) is 17.7 Å². The smallest absolute Gasteiger partial charge is 0.253 e. The average Bonchev–Trinajstić information content (AvgIpc) is 3.47. The van der Waals surface area contributed by atoms with Crippen LogP contribution < -0.4 is 5.32 Å². The predicted octanol–water partition coefficient (Wildman–Crippen LogP) is 3.05. The third-order valence-corrected chi connectivity index (χ3v) is 5.33. The zero-order valence-electron chi connectivity index (χ0n) is 14.9. The Kier molecular flexibility index (Phi) is 5.74. The summed E-state index contributed by atoms with van der Waals surface area (Å²) in [4.78, 5) is 26.5. The summed E-state index contributed by atoms with van der Waals surface area (Å²) in [5, 5.41) is 13.0. The maximum absolute atomic E-state index is 12.6. The zero-order valence-corrected chi connectivity index (χ0v) is 14.9. The molecule has 1 aromatic rings. The molecule has 25 heavy (non-hydrogen) atoms. The highest BCUT2D eigenvalue weighted by atomic mass is 16.3. The number of hydrogen-bond donors (Lipinski definition) is 2. The molecule has 2 saturated carbocycles. The van der Waals surface area contributed by atoms with Gasteiger partial charge in [0.1, 0.15) is 0 Å². The van der Waals surface area contributed by atoms with Crippen LogP contribution in [0.1, 0.15) is 55.3 Å². The average molecular weight is 344 g/mol. The summed E-state index contributed by atoms with van der Waals surface area (Å²) < 4.78 is 0. The van der Waals surface area contributed by atoms with E-state index in [2.05, 4.69) is 5.32 Å². The molecule has 1 unspecified atom stereocenters. The summed E-state index contributed by atoms with van der Waals surface area (Å²) in [6, 6.07) is 7.08. The first-order valence-electron chi connectivity index (χ1n) is 9.39. The Labute approximate surface area is 149 Å². The number of nitrogens with one attached hydrogen (secondary N) is 1. The molecular weight excluding hydrogens is 316 g/mol. The van der Waals surface area contributed by atoms with Crippen LogP contribution in [-0.4, -0.2) is 41.5 Å². The molecule has 2 N–H and O–H groups in total. The molecule has 2 amide bonds. The van der Waals surface area contributed by atoms with Crippen molar-refractivity contribution in [3.8, 4) is 0 Å². The van der Waals surface area contributed by atoms with Crippen molar-refractivity contribution in [1.29, 1.82) is 0 Å². The van der Waals surface area contributed by atoms with Crippen molar-refractivity contribution in [3.63, 3.8) is 0 Å². The van der Waals surface area contributed by atoms with Crippen LogP contribution in [0.4, 0.5) is 5.69 Å². The van der Waals surface area contributed by atoms with Crippen LogP contribution >= 0.6 is 0 Å². The molecular formula is C20H28N2O3. The van der Waals surface area contributed by atoms with Gasteiger partial charge in [0.05, 0.1) is 6.10 Å². The second kappa shape index (κ2) is 8.00. The lowest BCUT2D eigenvalue weighted by Crippen LogP contribution is -2.35. The minimum atomic E-state index is -0.442. The van der Waals surface area contributed by atoms with Crippen LogP contribution in [0.5, 0.6) is 0 Å². The first-order chi connectivity index (χ1) is 12.0. The molecule has 0 aliphatic heterocycles. The molecule has 0 bridgehead atoms. The fourth-order valence-corrected chi connectivity index (χ4v) is 3.55. The number of anilines is 1. The van der Waals surface area contributed by atoms with E-state index in [9.17, 15) is 14.7 Å². The van der Waals surface area contributed by atoms with E-state index in [1.807, 2.05) is 6.07 Å². The monoisotopic (exact) mass is 344 g/mol. The molecule has 5 heteroatoms. The van der Waals surface area contributed by atoms with Crippen LogP contribution in [0.3, 0.4) is 0 Å². The van der Waals surface area contributed by atoms with Gasteiger partial charge < -0.3 is 15.3 Å². The van der Waals surface area contributed by atoms with Crippen molar-refractivity contribution in [3.05, 3.63) is 29.8 Å². The number of carbonyl (C=O) groups excluding carboxylic acids is 2. The Morgan fingerprint density at radius 1 is 1.20 bits per heavy atom. The van der Waals surface area contributed by atoms with Gasteiger partial charge in [-0.3, -0.25) is 9.59 Å². The summed E-state index contributed by atoms with van der Waals surface area (Å²) in [7, 11) is 1.71. The van der Waals surface area contributed by atoms with E-state index in [1.165, 1.54) is 6.42 Å². The Hall–Kier alpha value is -1.88. The van der Waals surface area contributed by atoms with Gasteiger partial charge in [-0.2, -0.15) is 0 Å². The normalized spacial score (nSPS) is 19.3. The molecule has 0 saturated heterocycles. The van der Waals surface area contributed by atoms with Gasteiger partial charge in [-0.05, 0) is 49.8 Å². The van der Waals surface area contributed by atoms with E-state index in [0.717, 1.165) is 38.5 Å². The summed E-state index contributed by atoms with van der Waals surface area (Å²) in [5.41, 5.74) is 1.20.